The van der Waals surface area contributed by atoms with Crippen molar-refractivity contribution >= 4 is 16.9 Å². The Hall–Kier alpha value is -4.18. The smallest absolute Gasteiger partial charge is 0.262 e. The van der Waals surface area contributed by atoms with Crippen LogP contribution in [0.3, 0.4) is 0 Å². The van der Waals surface area contributed by atoms with E-state index in [-0.39, 0.29) is 11.3 Å². The van der Waals surface area contributed by atoms with Gasteiger partial charge in [-0.05, 0) is 69.7 Å². The van der Waals surface area contributed by atoms with Gasteiger partial charge in [-0.1, -0.05) is 25.3 Å². The number of nitrogens with zero attached hydrogens (tertiary/aromatic N) is 5. The van der Waals surface area contributed by atoms with Gasteiger partial charge in [-0.15, -0.1) is 0 Å². The highest BCUT2D eigenvalue weighted by Crippen LogP contribution is 2.38. The molecule has 0 saturated heterocycles. The van der Waals surface area contributed by atoms with Crippen molar-refractivity contribution in [2.75, 3.05) is 46.3 Å². The van der Waals surface area contributed by atoms with Crippen molar-refractivity contribution in [3.05, 3.63) is 65.0 Å². The molecule has 1 aliphatic rings. The van der Waals surface area contributed by atoms with Crippen molar-refractivity contribution in [2.45, 2.75) is 44.6 Å². The molecular formula is C33H40FN5O4. The molecule has 0 unspecified atom stereocenters. The standard InChI is InChI=1S/C33H40FN5O4/c1-37(2)16-9-17-39(23-10-7-6-8-11-23)33-36-21-25(32(40)38(33)3)22-12-13-29(26(34)18-22)43-28-14-15-35-27-20-31(42-5)30(41-4)19-24(27)28/h12-15,18-21,23H,6-11,16-17H2,1-5H3. The van der Waals surface area contributed by atoms with E-state index in [1.54, 1.807) is 62.5 Å². The highest BCUT2D eigenvalue weighted by molar-refractivity contribution is 5.88. The summed E-state index contributed by atoms with van der Waals surface area (Å²) in [5.41, 5.74) is 1.17. The van der Waals surface area contributed by atoms with Crippen LogP contribution in [0.2, 0.25) is 0 Å². The number of methoxy groups -OCH3 is 2. The zero-order valence-corrected chi connectivity index (χ0v) is 25.6. The predicted octanol–water partition coefficient (Wildman–Crippen LogP) is 6.03. The maximum absolute atomic E-state index is 15.4. The molecule has 2 heterocycles. The summed E-state index contributed by atoms with van der Waals surface area (Å²) in [5.74, 6) is 1.55. The summed E-state index contributed by atoms with van der Waals surface area (Å²) in [6.07, 6.45) is 9.95. The molecule has 2 aromatic heterocycles. The minimum absolute atomic E-state index is 0.0248. The Balaban J connectivity index is 1.42. The van der Waals surface area contributed by atoms with E-state index < -0.39 is 5.82 Å². The zero-order chi connectivity index (χ0) is 30.5. The van der Waals surface area contributed by atoms with E-state index >= 15 is 4.39 Å². The van der Waals surface area contributed by atoms with Crippen molar-refractivity contribution in [2.24, 2.45) is 7.05 Å². The second-order valence-electron chi connectivity index (χ2n) is 11.3. The van der Waals surface area contributed by atoms with Crippen LogP contribution in [0.5, 0.6) is 23.0 Å². The van der Waals surface area contributed by atoms with E-state index in [0.29, 0.717) is 51.3 Å². The lowest BCUT2D eigenvalue weighted by atomic mass is 9.94. The maximum Gasteiger partial charge on any atom is 0.262 e. The monoisotopic (exact) mass is 589 g/mol. The van der Waals surface area contributed by atoms with Crippen molar-refractivity contribution < 1.29 is 18.6 Å². The van der Waals surface area contributed by atoms with Crippen LogP contribution in [-0.4, -0.2) is 66.9 Å². The molecule has 1 saturated carbocycles. The molecule has 0 amide bonds. The van der Waals surface area contributed by atoms with Crippen molar-refractivity contribution in [3.8, 4) is 34.1 Å². The van der Waals surface area contributed by atoms with Gasteiger partial charge in [0.05, 0.1) is 25.3 Å². The molecule has 2 aromatic carbocycles. The number of ether oxygens (including phenoxy) is 3. The zero-order valence-electron chi connectivity index (χ0n) is 25.6. The lowest BCUT2D eigenvalue weighted by Crippen LogP contribution is -2.42. The average Bonchev–Trinajstić information content (AvgIpc) is 3.01. The lowest BCUT2D eigenvalue weighted by Gasteiger charge is -2.36. The lowest BCUT2D eigenvalue weighted by molar-refractivity contribution is 0.355. The Labute approximate surface area is 251 Å². The molecule has 10 heteroatoms. The fourth-order valence-corrected chi connectivity index (χ4v) is 5.80. The Morgan fingerprint density at radius 2 is 1.67 bits per heavy atom. The van der Waals surface area contributed by atoms with Crippen LogP contribution < -0.4 is 24.7 Å². The van der Waals surface area contributed by atoms with Crippen LogP contribution >= 0.6 is 0 Å². The number of anilines is 1. The Bertz CT molecular complexity index is 1630. The van der Waals surface area contributed by atoms with E-state index in [1.807, 2.05) is 0 Å². The third-order valence-electron chi connectivity index (χ3n) is 8.09. The largest absolute Gasteiger partial charge is 0.493 e. The minimum Gasteiger partial charge on any atom is -0.493 e. The number of rotatable bonds is 11. The van der Waals surface area contributed by atoms with E-state index in [2.05, 4.69) is 28.9 Å². The van der Waals surface area contributed by atoms with Gasteiger partial charge in [0.15, 0.2) is 23.1 Å². The van der Waals surface area contributed by atoms with Gasteiger partial charge in [0.1, 0.15) is 5.75 Å². The normalized spacial score (nSPS) is 13.8. The topological polar surface area (TPSA) is 82.0 Å². The second kappa shape index (κ2) is 13.4. The first kappa shape index (κ1) is 30.3. The molecule has 5 rings (SSSR count). The quantitative estimate of drug-likeness (QED) is 0.210. The Morgan fingerprint density at radius 1 is 0.930 bits per heavy atom. The molecule has 43 heavy (non-hydrogen) atoms. The fraction of sp³-hybridized carbons (Fsp3) is 0.424. The first-order valence-electron chi connectivity index (χ1n) is 14.8. The molecule has 1 aliphatic carbocycles. The van der Waals surface area contributed by atoms with Crippen LogP contribution in [-0.2, 0) is 7.05 Å². The van der Waals surface area contributed by atoms with Crippen LogP contribution in [0.4, 0.5) is 10.3 Å². The third kappa shape index (κ3) is 6.59. The number of benzene rings is 2. The van der Waals surface area contributed by atoms with Crippen molar-refractivity contribution in [3.63, 3.8) is 0 Å². The summed E-state index contributed by atoms with van der Waals surface area (Å²) in [5, 5.41) is 0.644. The van der Waals surface area contributed by atoms with Gasteiger partial charge < -0.3 is 24.0 Å². The molecule has 0 spiro atoms. The van der Waals surface area contributed by atoms with Crippen LogP contribution in [0.25, 0.3) is 22.0 Å². The van der Waals surface area contributed by atoms with Crippen molar-refractivity contribution in [1.29, 1.82) is 0 Å². The number of pyridine rings is 1. The highest BCUT2D eigenvalue weighted by atomic mass is 19.1. The Kier molecular flexibility index (Phi) is 9.45. The summed E-state index contributed by atoms with van der Waals surface area (Å²) >= 11 is 0. The van der Waals surface area contributed by atoms with Gasteiger partial charge >= 0.3 is 0 Å². The minimum atomic E-state index is -0.596. The fourth-order valence-electron chi connectivity index (χ4n) is 5.80. The highest BCUT2D eigenvalue weighted by Gasteiger charge is 2.25. The summed E-state index contributed by atoms with van der Waals surface area (Å²) in [7, 11) is 8.98. The third-order valence-corrected chi connectivity index (χ3v) is 8.09. The first-order valence-corrected chi connectivity index (χ1v) is 14.8. The number of fused-ring (bicyclic) bond motifs is 1. The molecule has 0 radical (unpaired) electrons. The molecule has 4 aromatic rings. The summed E-state index contributed by atoms with van der Waals surface area (Å²) in [6.45, 7) is 1.78. The van der Waals surface area contributed by atoms with E-state index in [9.17, 15) is 4.79 Å². The van der Waals surface area contributed by atoms with Gasteiger partial charge in [-0.25, -0.2) is 9.37 Å². The Morgan fingerprint density at radius 3 is 2.37 bits per heavy atom. The van der Waals surface area contributed by atoms with Gasteiger partial charge in [0, 0.05) is 43.5 Å². The molecular weight excluding hydrogens is 549 g/mol. The molecule has 9 nitrogen and oxygen atoms in total. The number of halogens is 1. The molecule has 0 N–H and O–H groups in total. The predicted molar refractivity (Wildman–Crippen MR) is 167 cm³/mol. The van der Waals surface area contributed by atoms with Crippen molar-refractivity contribution in [1.82, 2.24) is 19.4 Å². The van der Waals surface area contributed by atoms with Gasteiger partial charge in [0.25, 0.3) is 5.56 Å². The van der Waals surface area contributed by atoms with Gasteiger partial charge in [-0.3, -0.25) is 14.3 Å². The summed E-state index contributed by atoms with van der Waals surface area (Å²) in [6, 6.07) is 10.0. The molecule has 0 bridgehead atoms. The maximum atomic E-state index is 15.4. The molecule has 228 valence electrons. The SMILES string of the molecule is COc1cc2nccc(Oc3ccc(-c4cnc(N(CCCN(C)C)C5CCCCC5)n(C)c4=O)cc3F)c2cc1OC. The van der Waals surface area contributed by atoms with Gasteiger partial charge in [0.2, 0.25) is 5.95 Å². The van der Waals surface area contributed by atoms with E-state index in [0.717, 1.165) is 32.4 Å². The summed E-state index contributed by atoms with van der Waals surface area (Å²) < 4.78 is 33.8. The van der Waals surface area contributed by atoms with Crippen LogP contribution in [0.1, 0.15) is 38.5 Å². The molecule has 0 aliphatic heterocycles. The van der Waals surface area contributed by atoms with E-state index in [4.69, 9.17) is 19.2 Å². The molecule has 0 atom stereocenters. The number of aromatic nitrogens is 3. The summed E-state index contributed by atoms with van der Waals surface area (Å²) in [4.78, 5) is 27.2. The van der Waals surface area contributed by atoms with Gasteiger partial charge in [-0.2, -0.15) is 0 Å². The van der Waals surface area contributed by atoms with Crippen LogP contribution in [0, 0.1) is 5.82 Å². The molecule has 1 fully saturated rings. The number of hydrogen-bond acceptors (Lipinski definition) is 8. The average molecular weight is 590 g/mol. The van der Waals surface area contributed by atoms with Crippen LogP contribution in [0.15, 0.2) is 53.6 Å². The van der Waals surface area contributed by atoms with E-state index in [1.165, 1.54) is 31.4 Å². The first-order chi connectivity index (χ1) is 20.8. The number of hydrogen-bond donors (Lipinski definition) is 0. The second-order valence-corrected chi connectivity index (χ2v) is 11.3.